The molecule has 0 spiro atoms. The number of likely N-dealkylation sites (tertiary alicyclic amines) is 1. The first kappa shape index (κ1) is 15.2. The summed E-state index contributed by atoms with van der Waals surface area (Å²) >= 11 is 0. The Morgan fingerprint density at radius 2 is 2.11 bits per heavy atom. The maximum absolute atomic E-state index is 11.9. The predicted molar refractivity (Wildman–Crippen MR) is 60.0 cm³/mol. The molecule has 4 nitrogen and oxygen atoms in total. The number of piperidine rings is 1. The number of alkyl halides is 3. The summed E-state index contributed by atoms with van der Waals surface area (Å²) in [5.74, 6) is -0.614. The third kappa shape index (κ3) is 5.68. The maximum Gasteiger partial charge on any atom is 0.405 e. The molecule has 1 aliphatic rings. The van der Waals surface area contributed by atoms with Gasteiger partial charge < -0.3 is 10.4 Å². The summed E-state index contributed by atoms with van der Waals surface area (Å²) in [6, 6.07) is 0.0976. The van der Waals surface area contributed by atoms with Crippen molar-refractivity contribution in [2.45, 2.75) is 37.9 Å². The van der Waals surface area contributed by atoms with Crippen molar-refractivity contribution in [2.75, 3.05) is 26.2 Å². The quantitative estimate of drug-likeness (QED) is 0.779. The van der Waals surface area contributed by atoms with Crippen LogP contribution < -0.4 is 5.32 Å². The number of rotatable bonds is 5. The minimum atomic E-state index is -4.37. The third-order valence-electron chi connectivity index (χ3n) is 3.04. The van der Waals surface area contributed by atoms with Crippen LogP contribution >= 0.6 is 0 Å². The molecule has 2 N–H and O–H groups in total. The van der Waals surface area contributed by atoms with E-state index in [0.717, 1.165) is 19.3 Å². The van der Waals surface area contributed by atoms with Gasteiger partial charge in [0.2, 0.25) is 5.91 Å². The van der Waals surface area contributed by atoms with Crippen molar-refractivity contribution in [3.63, 3.8) is 0 Å². The summed E-state index contributed by atoms with van der Waals surface area (Å²) in [5, 5.41) is 10.8. The van der Waals surface area contributed by atoms with E-state index < -0.39 is 18.6 Å². The van der Waals surface area contributed by atoms with E-state index in [1.807, 2.05) is 10.2 Å². The molecule has 1 rings (SSSR count). The van der Waals surface area contributed by atoms with E-state index in [-0.39, 0.29) is 19.2 Å². The monoisotopic (exact) mass is 268 g/mol. The van der Waals surface area contributed by atoms with Gasteiger partial charge in [0, 0.05) is 12.6 Å². The summed E-state index contributed by atoms with van der Waals surface area (Å²) in [6.45, 7) is -0.583. The standard InChI is InChI=1S/C11H19F3N2O2/c12-11(13,14)8-15-10(18)7-16-5-2-1-3-9(16)4-6-17/h9,17H,1-8H2,(H,15,18). The zero-order chi connectivity index (χ0) is 13.6. The van der Waals surface area contributed by atoms with E-state index in [4.69, 9.17) is 5.11 Å². The SMILES string of the molecule is O=C(CN1CCCCC1CCO)NCC(F)(F)F. The van der Waals surface area contributed by atoms with Gasteiger partial charge in [0.1, 0.15) is 6.54 Å². The highest BCUT2D eigenvalue weighted by molar-refractivity contribution is 5.78. The van der Waals surface area contributed by atoms with Crippen molar-refractivity contribution in [1.29, 1.82) is 0 Å². The van der Waals surface area contributed by atoms with Crippen molar-refractivity contribution < 1.29 is 23.1 Å². The number of amides is 1. The van der Waals surface area contributed by atoms with Crippen LogP contribution in [0.5, 0.6) is 0 Å². The summed E-state index contributed by atoms with van der Waals surface area (Å²) in [7, 11) is 0. The summed E-state index contributed by atoms with van der Waals surface area (Å²) in [5.41, 5.74) is 0. The Kier molecular flexibility index (Phi) is 5.87. The van der Waals surface area contributed by atoms with Gasteiger partial charge in [0.25, 0.3) is 0 Å². The number of carbonyl (C=O) groups is 1. The number of aliphatic hydroxyl groups is 1. The van der Waals surface area contributed by atoms with Crippen LogP contribution in [0.15, 0.2) is 0 Å². The lowest BCUT2D eigenvalue weighted by Gasteiger charge is -2.34. The second-order valence-electron chi connectivity index (χ2n) is 4.52. The normalized spacial score (nSPS) is 21.9. The van der Waals surface area contributed by atoms with Crippen LogP contribution in [-0.4, -0.2) is 54.4 Å². The zero-order valence-electron chi connectivity index (χ0n) is 10.2. The Balaban J connectivity index is 2.36. The molecule has 0 aromatic heterocycles. The Hall–Kier alpha value is -0.820. The minimum absolute atomic E-state index is 0.0270. The molecule has 1 atom stereocenters. The van der Waals surface area contributed by atoms with Crippen LogP contribution in [0.3, 0.4) is 0 Å². The van der Waals surface area contributed by atoms with Crippen LogP contribution in [0.4, 0.5) is 13.2 Å². The number of nitrogens with zero attached hydrogens (tertiary/aromatic N) is 1. The fourth-order valence-electron chi connectivity index (χ4n) is 2.18. The summed E-state index contributed by atoms with van der Waals surface area (Å²) < 4.78 is 35.8. The van der Waals surface area contributed by atoms with E-state index in [2.05, 4.69) is 0 Å². The third-order valence-corrected chi connectivity index (χ3v) is 3.04. The molecule has 0 radical (unpaired) electrons. The van der Waals surface area contributed by atoms with E-state index in [1.165, 1.54) is 0 Å². The molecule has 7 heteroatoms. The van der Waals surface area contributed by atoms with Gasteiger partial charge in [-0.2, -0.15) is 13.2 Å². The molecule has 1 heterocycles. The van der Waals surface area contributed by atoms with Crippen LogP contribution in [0, 0.1) is 0 Å². The van der Waals surface area contributed by atoms with Crippen molar-refractivity contribution >= 4 is 5.91 Å². The van der Waals surface area contributed by atoms with Gasteiger partial charge in [-0.25, -0.2) is 0 Å². The maximum atomic E-state index is 11.9. The Bertz CT molecular complexity index is 270. The smallest absolute Gasteiger partial charge is 0.396 e. The van der Waals surface area contributed by atoms with Gasteiger partial charge in [-0.15, -0.1) is 0 Å². The molecular weight excluding hydrogens is 249 g/mol. The van der Waals surface area contributed by atoms with Gasteiger partial charge in [0.05, 0.1) is 6.54 Å². The number of hydrogen-bond donors (Lipinski definition) is 2. The van der Waals surface area contributed by atoms with E-state index in [1.54, 1.807) is 0 Å². The zero-order valence-corrected chi connectivity index (χ0v) is 10.2. The van der Waals surface area contributed by atoms with Crippen molar-refractivity contribution in [1.82, 2.24) is 10.2 Å². The number of aliphatic hydroxyl groups excluding tert-OH is 1. The summed E-state index contributed by atoms with van der Waals surface area (Å²) in [4.78, 5) is 13.2. The first-order chi connectivity index (χ1) is 8.42. The minimum Gasteiger partial charge on any atom is -0.396 e. The molecule has 1 fully saturated rings. The average molecular weight is 268 g/mol. The fourth-order valence-corrected chi connectivity index (χ4v) is 2.18. The van der Waals surface area contributed by atoms with Crippen molar-refractivity contribution in [3.05, 3.63) is 0 Å². The largest absolute Gasteiger partial charge is 0.405 e. The first-order valence-corrected chi connectivity index (χ1v) is 6.11. The van der Waals surface area contributed by atoms with Crippen molar-refractivity contribution in [3.8, 4) is 0 Å². The molecule has 0 bridgehead atoms. The number of carbonyl (C=O) groups excluding carboxylic acids is 1. The molecule has 1 saturated heterocycles. The molecule has 0 saturated carbocycles. The van der Waals surface area contributed by atoms with E-state index >= 15 is 0 Å². The van der Waals surface area contributed by atoms with Crippen LogP contribution in [0.2, 0.25) is 0 Å². The molecule has 106 valence electrons. The van der Waals surface area contributed by atoms with Gasteiger partial charge in [-0.1, -0.05) is 6.42 Å². The Morgan fingerprint density at radius 3 is 2.72 bits per heavy atom. The molecular formula is C11H19F3N2O2. The predicted octanol–water partition coefficient (Wildman–Crippen LogP) is 0.902. The summed E-state index contributed by atoms with van der Waals surface area (Å²) in [6.07, 6.45) is -0.957. The molecule has 18 heavy (non-hydrogen) atoms. The van der Waals surface area contributed by atoms with Gasteiger partial charge in [0.15, 0.2) is 0 Å². The average Bonchev–Trinajstić information content (AvgIpc) is 2.29. The molecule has 1 aliphatic heterocycles. The van der Waals surface area contributed by atoms with Crippen LogP contribution in [0.1, 0.15) is 25.7 Å². The van der Waals surface area contributed by atoms with Gasteiger partial charge in [-0.3, -0.25) is 9.69 Å². The number of nitrogens with one attached hydrogen (secondary N) is 1. The van der Waals surface area contributed by atoms with Gasteiger partial charge >= 0.3 is 6.18 Å². The lowest BCUT2D eigenvalue weighted by atomic mass is 10.00. The highest BCUT2D eigenvalue weighted by Gasteiger charge is 2.29. The van der Waals surface area contributed by atoms with E-state index in [9.17, 15) is 18.0 Å². The second-order valence-corrected chi connectivity index (χ2v) is 4.52. The molecule has 1 amide bonds. The molecule has 0 aromatic rings. The fraction of sp³-hybridized carbons (Fsp3) is 0.909. The highest BCUT2D eigenvalue weighted by atomic mass is 19.4. The second kappa shape index (κ2) is 6.94. The number of halogens is 3. The van der Waals surface area contributed by atoms with Gasteiger partial charge in [-0.05, 0) is 25.8 Å². The van der Waals surface area contributed by atoms with Crippen molar-refractivity contribution in [2.24, 2.45) is 0 Å². The number of hydrogen-bond acceptors (Lipinski definition) is 3. The highest BCUT2D eigenvalue weighted by Crippen LogP contribution is 2.19. The lowest BCUT2D eigenvalue weighted by Crippen LogP contribution is -2.47. The van der Waals surface area contributed by atoms with Crippen LogP contribution in [-0.2, 0) is 4.79 Å². The Morgan fingerprint density at radius 1 is 1.39 bits per heavy atom. The molecule has 0 aliphatic carbocycles. The Labute approximate surface area is 104 Å². The van der Waals surface area contributed by atoms with E-state index in [0.29, 0.717) is 13.0 Å². The first-order valence-electron chi connectivity index (χ1n) is 6.11. The topological polar surface area (TPSA) is 52.6 Å². The van der Waals surface area contributed by atoms with Crippen LogP contribution in [0.25, 0.3) is 0 Å². The lowest BCUT2D eigenvalue weighted by molar-refractivity contribution is -0.139. The molecule has 0 aromatic carbocycles. The molecule has 1 unspecified atom stereocenters.